The van der Waals surface area contributed by atoms with Crippen molar-refractivity contribution in [2.24, 2.45) is 0 Å². The second kappa shape index (κ2) is 6.03. The Morgan fingerprint density at radius 3 is 2.89 bits per heavy atom. The van der Waals surface area contributed by atoms with Crippen LogP contribution in [0.4, 0.5) is 0 Å². The first-order valence-corrected chi connectivity index (χ1v) is 8.35. The molecule has 1 N–H and O–H groups in total. The summed E-state index contributed by atoms with van der Waals surface area (Å²) in [5.41, 5.74) is 0.886. The molecule has 1 heterocycles. The summed E-state index contributed by atoms with van der Waals surface area (Å²) in [6, 6.07) is 7.57. The quantitative estimate of drug-likeness (QED) is 0.897. The minimum Gasteiger partial charge on any atom is -0.380 e. The maximum absolute atomic E-state index is 12.0. The van der Waals surface area contributed by atoms with Gasteiger partial charge in [0, 0.05) is 18.7 Å². The Bertz CT molecular complexity index is 527. The van der Waals surface area contributed by atoms with E-state index in [4.69, 9.17) is 4.74 Å². The average Bonchev–Trinajstić information content (AvgIpc) is 2.40. The summed E-state index contributed by atoms with van der Waals surface area (Å²) in [4.78, 5) is 0.474. The zero-order valence-electron chi connectivity index (χ0n) is 11.4. The zero-order valence-corrected chi connectivity index (χ0v) is 12.2. The van der Waals surface area contributed by atoms with Gasteiger partial charge < -0.3 is 10.1 Å². The summed E-state index contributed by atoms with van der Waals surface area (Å²) in [5.74, 6) is 0.211. The van der Waals surface area contributed by atoms with Crippen LogP contribution in [0.2, 0.25) is 0 Å². The van der Waals surface area contributed by atoms with Gasteiger partial charge in [0.1, 0.15) is 0 Å². The van der Waals surface area contributed by atoms with Crippen molar-refractivity contribution in [1.29, 1.82) is 0 Å². The lowest BCUT2D eigenvalue weighted by molar-refractivity contribution is 0.123. The molecule has 0 aromatic heterocycles. The van der Waals surface area contributed by atoms with Crippen LogP contribution in [0.1, 0.15) is 31.9 Å². The highest BCUT2D eigenvalue weighted by Gasteiger charge is 2.30. The van der Waals surface area contributed by atoms with E-state index < -0.39 is 9.84 Å². The van der Waals surface area contributed by atoms with Crippen molar-refractivity contribution in [3.8, 4) is 0 Å². The van der Waals surface area contributed by atoms with Gasteiger partial charge >= 0.3 is 0 Å². The molecule has 2 unspecified atom stereocenters. The minimum atomic E-state index is -3.10. The molecule has 2 atom stereocenters. The van der Waals surface area contributed by atoms with Gasteiger partial charge in [-0.2, -0.15) is 0 Å². The number of ether oxygens (including phenoxy) is 1. The maximum atomic E-state index is 12.0. The zero-order chi connectivity index (χ0) is 13.9. The van der Waals surface area contributed by atoms with Crippen molar-refractivity contribution in [2.75, 3.05) is 19.0 Å². The molecular weight excluding hydrogens is 262 g/mol. The number of hydrogen-bond acceptors (Lipinski definition) is 4. The summed E-state index contributed by atoms with van der Waals surface area (Å²) < 4.78 is 29.4. The van der Waals surface area contributed by atoms with E-state index in [1.807, 2.05) is 19.1 Å². The molecule has 19 heavy (non-hydrogen) atoms. The topological polar surface area (TPSA) is 55.4 Å². The van der Waals surface area contributed by atoms with Gasteiger partial charge in [-0.25, -0.2) is 8.42 Å². The Hall–Kier alpha value is -0.910. The van der Waals surface area contributed by atoms with Crippen LogP contribution >= 0.6 is 0 Å². The van der Waals surface area contributed by atoms with Crippen molar-refractivity contribution in [1.82, 2.24) is 5.32 Å². The van der Waals surface area contributed by atoms with E-state index in [9.17, 15) is 8.42 Å². The van der Waals surface area contributed by atoms with E-state index in [-0.39, 0.29) is 17.8 Å². The van der Waals surface area contributed by atoms with Gasteiger partial charge in [-0.15, -0.1) is 0 Å². The van der Waals surface area contributed by atoms with Gasteiger partial charge in [0.25, 0.3) is 0 Å². The molecule has 0 saturated heterocycles. The number of hydrogen-bond donors (Lipinski definition) is 1. The minimum absolute atomic E-state index is 0.0928. The molecule has 1 aliphatic rings. The molecule has 0 radical (unpaired) electrons. The van der Waals surface area contributed by atoms with Crippen LogP contribution < -0.4 is 5.32 Å². The second-order valence-corrected chi connectivity index (χ2v) is 7.00. The standard InChI is InChI=1S/C14H21NO3S/c1-3-18-10-11(2)15-13-8-9-19(16,17)14-7-5-4-6-12(13)14/h4-7,11,13,15H,3,8-10H2,1-2H3. The SMILES string of the molecule is CCOCC(C)NC1CCS(=O)(=O)c2ccccc21. The molecule has 2 rings (SSSR count). The molecule has 1 aliphatic heterocycles. The van der Waals surface area contributed by atoms with Crippen LogP contribution in [0, 0.1) is 0 Å². The third kappa shape index (κ3) is 3.35. The van der Waals surface area contributed by atoms with Crippen LogP contribution in [0.15, 0.2) is 29.2 Å². The Labute approximate surface area is 115 Å². The molecule has 0 spiro atoms. The Morgan fingerprint density at radius 1 is 1.42 bits per heavy atom. The van der Waals surface area contributed by atoms with Crippen LogP contribution in [0.3, 0.4) is 0 Å². The molecule has 0 amide bonds. The van der Waals surface area contributed by atoms with E-state index in [1.54, 1.807) is 12.1 Å². The van der Waals surface area contributed by atoms with Crippen LogP contribution in [-0.2, 0) is 14.6 Å². The van der Waals surface area contributed by atoms with Crippen molar-refractivity contribution in [3.63, 3.8) is 0 Å². The van der Waals surface area contributed by atoms with Crippen molar-refractivity contribution < 1.29 is 13.2 Å². The summed E-state index contributed by atoms with van der Waals surface area (Å²) in [6.45, 7) is 5.36. The lowest BCUT2D eigenvalue weighted by Gasteiger charge is -2.29. The number of fused-ring (bicyclic) bond motifs is 1. The van der Waals surface area contributed by atoms with Crippen LogP contribution in [0.25, 0.3) is 0 Å². The number of rotatable bonds is 5. The molecule has 5 heteroatoms. The van der Waals surface area contributed by atoms with Crippen LogP contribution in [0.5, 0.6) is 0 Å². The average molecular weight is 283 g/mol. The highest BCUT2D eigenvalue weighted by Crippen LogP contribution is 2.32. The van der Waals surface area contributed by atoms with Gasteiger partial charge in [-0.1, -0.05) is 18.2 Å². The summed E-state index contributed by atoms with van der Waals surface area (Å²) in [5, 5.41) is 3.46. The molecule has 1 aromatic carbocycles. The predicted molar refractivity (Wildman–Crippen MR) is 74.9 cm³/mol. The maximum Gasteiger partial charge on any atom is 0.178 e. The van der Waals surface area contributed by atoms with Crippen molar-refractivity contribution in [3.05, 3.63) is 29.8 Å². The molecule has 4 nitrogen and oxygen atoms in total. The smallest absolute Gasteiger partial charge is 0.178 e. The Kier molecular flexibility index (Phi) is 4.60. The lowest BCUT2D eigenvalue weighted by Crippen LogP contribution is -2.37. The highest BCUT2D eigenvalue weighted by atomic mass is 32.2. The monoisotopic (exact) mass is 283 g/mol. The third-order valence-electron chi connectivity index (χ3n) is 3.36. The summed E-state index contributed by atoms with van der Waals surface area (Å²) in [6.07, 6.45) is 0.621. The normalized spacial score (nSPS) is 22.7. The lowest BCUT2D eigenvalue weighted by atomic mass is 10.0. The van der Waals surface area contributed by atoms with E-state index >= 15 is 0 Å². The van der Waals surface area contributed by atoms with E-state index in [0.717, 1.165) is 5.56 Å². The van der Waals surface area contributed by atoms with E-state index in [0.29, 0.717) is 24.5 Å². The number of sulfone groups is 1. The number of benzene rings is 1. The van der Waals surface area contributed by atoms with E-state index in [1.165, 1.54) is 0 Å². The summed E-state index contributed by atoms with van der Waals surface area (Å²) in [7, 11) is -3.10. The fraction of sp³-hybridized carbons (Fsp3) is 0.571. The largest absolute Gasteiger partial charge is 0.380 e. The first-order valence-electron chi connectivity index (χ1n) is 6.70. The number of nitrogens with one attached hydrogen (secondary N) is 1. The summed E-state index contributed by atoms with van der Waals surface area (Å²) >= 11 is 0. The fourth-order valence-corrected chi connectivity index (χ4v) is 4.07. The van der Waals surface area contributed by atoms with Crippen LogP contribution in [-0.4, -0.2) is 33.4 Å². The molecule has 0 bridgehead atoms. The molecule has 0 saturated carbocycles. The Morgan fingerprint density at radius 2 is 2.16 bits per heavy atom. The van der Waals surface area contributed by atoms with Gasteiger partial charge in [0.15, 0.2) is 9.84 Å². The van der Waals surface area contributed by atoms with Crippen molar-refractivity contribution in [2.45, 2.75) is 37.2 Å². The second-order valence-electron chi connectivity index (χ2n) is 4.93. The first kappa shape index (κ1) is 14.5. The molecular formula is C14H21NO3S. The highest BCUT2D eigenvalue weighted by molar-refractivity contribution is 7.91. The van der Waals surface area contributed by atoms with Gasteiger partial charge in [0.05, 0.1) is 17.3 Å². The first-order chi connectivity index (χ1) is 9.04. The van der Waals surface area contributed by atoms with Crippen molar-refractivity contribution >= 4 is 9.84 Å². The van der Waals surface area contributed by atoms with Gasteiger partial charge in [-0.05, 0) is 31.9 Å². The molecule has 106 valence electrons. The molecule has 1 aromatic rings. The molecule has 0 fully saturated rings. The van der Waals surface area contributed by atoms with Gasteiger partial charge in [0.2, 0.25) is 0 Å². The predicted octanol–water partition coefficient (Wildman–Crippen LogP) is 1.92. The molecule has 0 aliphatic carbocycles. The third-order valence-corrected chi connectivity index (χ3v) is 5.18. The van der Waals surface area contributed by atoms with Gasteiger partial charge in [-0.3, -0.25) is 0 Å². The Balaban J connectivity index is 2.16. The fourth-order valence-electron chi connectivity index (χ4n) is 2.45. The van der Waals surface area contributed by atoms with E-state index in [2.05, 4.69) is 12.2 Å².